The molecular weight excluding hydrogens is 328 g/mol. The quantitative estimate of drug-likeness (QED) is 0.587. The summed E-state index contributed by atoms with van der Waals surface area (Å²) in [5, 5.41) is 8.69. The first kappa shape index (κ1) is 21.4. The molecule has 0 unspecified atom stereocenters. The summed E-state index contributed by atoms with van der Waals surface area (Å²) in [6.45, 7) is 10.2. The van der Waals surface area contributed by atoms with Gasteiger partial charge < -0.3 is 9.84 Å². The van der Waals surface area contributed by atoms with Gasteiger partial charge in [-0.15, -0.1) is 0 Å². The Labute approximate surface area is 155 Å². The summed E-state index contributed by atoms with van der Waals surface area (Å²) >= 11 is 0. The van der Waals surface area contributed by atoms with Gasteiger partial charge in [-0.25, -0.2) is 4.79 Å². The second-order valence-electron chi connectivity index (χ2n) is 6.28. The first-order valence-corrected chi connectivity index (χ1v) is 8.92. The smallest absolute Gasteiger partial charge is 0.339 e. The number of esters is 1. The van der Waals surface area contributed by atoms with Gasteiger partial charge >= 0.3 is 11.9 Å². The third kappa shape index (κ3) is 6.36. The van der Waals surface area contributed by atoms with Gasteiger partial charge in [-0.1, -0.05) is 58.0 Å². The SMILES string of the molecule is CC(=O)Oc1ccccc1C(=O)O.CCc1ccc(C(C)C)cc1CC. The van der Waals surface area contributed by atoms with Gasteiger partial charge in [0.25, 0.3) is 0 Å². The number of para-hydroxylation sites is 1. The van der Waals surface area contributed by atoms with Crippen LogP contribution in [0.1, 0.15) is 67.6 Å². The van der Waals surface area contributed by atoms with E-state index in [-0.39, 0.29) is 11.3 Å². The van der Waals surface area contributed by atoms with E-state index in [9.17, 15) is 9.59 Å². The van der Waals surface area contributed by atoms with Crippen molar-refractivity contribution < 1.29 is 19.4 Å². The minimum Gasteiger partial charge on any atom is -0.478 e. The number of carbonyl (C=O) groups is 2. The summed E-state index contributed by atoms with van der Waals surface area (Å²) in [6, 6.07) is 12.9. The topological polar surface area (TPSA) is 63.6 Å². The third-order valence-corrected chi connectivity index (χ3v) is 4.03. The predicted octanol–water partition coefficient (Wildman–Crippen LogP) is 5.24. The number of carboxylic acid groups (broad SMARTS) is 1. The Bertz CT molecular complexity index is 748. The number of aromatic carboxylic acids is 1. The number of ether oxygens (including phenoxy) is 1. The van der Waals surface area contributed by atoms with Crippen LogP contribution in [-0.4, -0.2) is 17.0 Å². The third-order valence-electron chi connectivity index (χ3n) is 4.03. The Hall–Kier alpha value is -2.62. The van der Waals surface area contributed by atoms with E-state index in [1.165, 1.54) is 35.7 Å². The predicted molar refractivity (Wildman–Crippen MR) is 104 cm³/mol. The van der Waals surface area contributed by atoms with Crippen molar-refractivity contribution in [3.05, 3.63) is 64.7 Å². The summed E-state index contributed by atoms with van der Waals surface area (Å²) in [4.78, 5) is 21.2. The lowest BCUT2D eigenvalue weighted by Crippen LogP contribution is -2.06. The molecule has 0 radical (unpaired) electrons. The van der Waals surface area contributed by atoms with Crippen LogP contribution in [0.4, 0.5) is 0 Å². The van der Waals surface area contributed by atoms with Crippen LogP contribution < -0.4 is 4.74 Å². The number of rotatable bonds is 5. The van der Waals surface area contributed by atoms with E-state index in [2.05, 4.69) is 50.6 Å². The van der Waals surface area contributed by atoms with Crippen LogP contribution in [0, 0.1) is 0 Å². The van der Waals surface area contributed by atoms with E-state index in [4.69, 9.17) is 5.11 Å². The van der Waals surface area contributed by atoms with Crippen molar-refractivity contribution in [3.8, 4) is 5.75 Å². The number of hydrogen-bond donors (Lipinski definition) is 1. The van der Waals surface area contributed by atoms with Gasteiger partial charge in [0, 0.05) is 6.92 Å². The standard InChI is InChI=1S/C13H20.C9H8O4/c1-5-11-7-8-13(10(3)4)9-12(11)6-2;1-6(10)13-8-5-3-2-4-7(8)9(11)12/h7-10H,5-6H2,1-4H3;2-5H,1H3,(H,11,12). The fourth-order valence-corrected chi connectivity index (χ4v) is 2.57. The summed E-state index contributed by atoms with van der Waals surface area (Å²) in [6.07, 6.45) is 2.31. The van der Waals surface area contributed by atoms with Crippen LogP contribution >= 0.6 is 0 Å². The van der Waals surface area contributed by atoms with Crippen LogP contribution in [0.25, 0.3) is 0 Å². The zero-order valence-corrected chi connectivity index (χ0v) is 16.2. The highest BCUT2D eigenvalue weighted by Gasteiger charge is 2.11. The molecule has 4 nitrogen and oxygen atoms in total. The van der Waals surface area contributed by atoms with E-state index in [0.29, 0.717) is 5.92 Å². The molecule has 2 aromatic rings. The minimum absolute atomic E-state index is 0.0160. The average Bonchev–Trinajstić information content (AvgIpc) is 2.61. The number of benzene rings is 2. The fourth-order valence-electron chi connectivity index (χ4n) is 2.57. The van der Waals surface area contributed by atoms with Gasteiger partial charge in [-0.3, -0.25) is 4.79 Å². The van der Waals surface area contributed by atoms with Crippen molar-refractivity contribution in [1.82, 2.24) is 0 Å². The molecular formula is C22H28O4. The fraction of sp³-hybridized carbons (Fsp3) is 0.364. The van der Waals surface area contributed by atoms with Gasteiger partial charge in [0.05, 0.1) is 0 Å². The number of aryl methyl sites for hydroxylation is 2. The molecule has 0 amide bonds. The van der Waals surface area contributed by atoms with E-state index in [1.807, 2.05) is 0 Å². The van der Waals surface area contributed by atoms with Gasteiger partial charge in [0.2, 0.25) is 0 Å². The molecule has 2 rings (SSSR count). The van der Waals surface area contributed by atoms with Gasteiger partial charge in [0.1, 0.15) is 11.3 Å². The molecule has 0 aliphatic rings. The first-order chi connectivity index (χ1) is 12.3. The number of hydrogen-bond acceptors (Lipinski definition) is 3. The summed E-state index contributed by atoms with van der Waals surface area (Å²) in [7, 11) is 0. The maximum absolute atomic E-state index is 10.6. The van der Waals surface area contributed by atoms with E-state index in [1.54, 1.807) is 12.1 Å². The average molecular weight is 356 g/mol. The largest absolute Gasteiger partial charge is 0.478 e. The van der Waals surface area contributed by atoms with Gasteiger partial charge in [-0.05, 0) is 47.6 Å². The molecule has 140 valence electrons. The lowest BCUT2D eigenvalue weighted by molar-refractivity contribution is -0.131. The summed E-state index contributed by atoms with van der Waals surface area (Å²) < 4.78 is 4.69. The van der Waals surface area contributed by atoms with Crippen molar-refractivity contribution in [1.29, 1.82) is 0 Å². The Morgan fingerprint density at radius 1 is 1.00 bits per heavy atom. The second-order valence-corrected chi connectivity index (χ2v) is 6.28. The Kier molecular flexibility index (Phi) is 8.56. The monoisotopic (exact) mass is 356 g/mol. The summed E-state index contributed by atoms with van der Waals surface area (Å²) in [5.41, 5.74) is 4.48. The first-order valence-electron chi connectivity index (χ1n) is 8.92. The molecule has 0 saturated carbocycles. The molecule has 0 bridgehead atoms. The molecule has 0 aliphatic heterocycles. The van der Waals surface area contributed by atoms with Gasteiger partial charge in [-0.2, -0.15) is 0 Å². The van der Waals surface area contributed by atoms with Gasteiger partial charge in [0.15, 0.2) is 0 Å². The zero-order chi connectivity index (χ0) is 19.7. The van der Waals surface area contributed by atoms with Crippen LogP contribution in [0.3, 0.4) is 0 Å². The zero-order valence-electron chi connectivity index (χ0n) is 16.2. The number of carboxylic acids is 1. The Morgan fingerprint density at radius 2 is 1.62 bits per heavy atom. The normalized spacial score (nSPS) is 10.1. The highest BCUT2D eigenvalue weighted by Crippen LogP contribution is 2.20. The molecule has 0 aliphatic carbocycles. The Balaban J connectivity index is 0.000000260. The van der Waals surface area contributed by atoms with Crippen molar-refractivity contribution in [2.45, 2.75) is 53.4 Å². The van der Waals surface area contributed by atoms with E-state index >= 15 is 0 Å². The van der Waals surface area contributed by atoms with Crippen molar-refractivity contribution >= 4 is 11.9 Å². The van der Waals surface area contributed by atoms with Crippen molar-refractivity contribution in [2.75, 3.05) is 0 Å². The molecule has 0 heterocycles. The highest BCUT2D eigenvalue weighted by molar-refractivity contribution is 5.91. The maximum Gasteiger partial charge on any atom is 0.339 e. The molecule has 4 heteroatoms. The molecule has 0 aromatic heterocycles. The molecule has 0 spiro atoms. The molecule has 1 N–H and O–H groups in total. The second kappa shape index (κ2) is 10.4. The van der Waals surface area contributed by atoms with E-state index in [0.717, 1.165) is 12.8 Å². The Morgan fingerprint density at radius 3 is 2.12 bits per heavy atom. The number of carbonyl (C=O) groups excluding carboxylic acids is 1. The van der Waals surface area contributed by atoms with Crippen LogP contribution in [0.2, 0.25) is 0 Å². The minimum atomic E-state index is -1.11. The summed E-state index contributed by atoms with van der Waals surface area (Å²) in [5.74, 6) is -0.927. The molecule has 2 aromatic carbocycles. The molecule has 0 fully saturated rings. The molecule has 0 atom stereocenters. The van der Waals surface area contributed by atoms with Crippen molar-refractivity contribution in [2.24, 2.45) is 0 Å². The maximum atomic E-state index is 10.6. The van der Waals surface area contributed by atoms with Crippen molar-refractivity contribution in [3.63, 3.8) is 0 Å². The van der Waals surface area contributed by atoms with E-state index < -0.39 is 11.9 Å². The van der Waals surface area contributed by atoms with Crippen LogP contribution in [0.5, 0.6) is 5.75 Å². The molecule has 26 heavy (non-hydrogen) atoms. The van der Waals surface area contributed by atoms with Crippen LogP contribution in [-0.2, 0) is 17.6 Å². The lowest BCUT2D eigenvalue weighted by Gasteiger charge is -2.11. The highest BCUT2D eigenvalue weighted by atomic mass is 16.5. The molecule has 0 saturated heterocycles. The lowest BCUT2D eigenvalue weighted by atomic mass is 9.95. The van der Waals surface area contributed by atoms with Crippen LogP contribution in [0.15, 0.2) is 42.5 Å².